The van der Waals surface area contributed by atoms with E-state index in [-0.39, 0.29) is 35.7 Å². The Morgan fingerprint density at radius 3 is 2.52 bits per heavy atom. The molecule has 1 aromatic carbocycles. The summed E-state index contributed by atoms with van der Waals surface area (Å²) in [5.74, 6) is -2.93. The van der Waals surface area contributed by atoms with E-state index in [4.69, 9.17) is 4.42 Å². The molecule has 0 saturated carbocycles. The predicted molar refractivity (Wildman–Crippen MR) is 143 cm³/mol. The largest absolute Gasteiger partial charge is 0.443 e. The fourth-order valence-corrected chi connectivity index (χ4v) is 6.79. The van der Waals surface area contributed by atoms with Crippen LogP contribution >= 0.6 is 0 Å². The molecule has 3 aromatic rings. The molecule has 2 aliphatic heterocycles. The zero-order valence-electron chi connectivity index (χ0n) is 22.6. The first kappa shape index (κ1) is 29.5. The van der Waals surface area contributed by atoms with Crippen molar-refractivity contribution in [3.63, 3.8) is 0 Å². The molecular weight excluding hydrogens is 577 g/mol. The fraction of sp³-hybridized carbons (Fsp3) is 0.357. The lowest BCUT2D eigenvalue weighted by Gasteiger charge is -2.33. The van der Waals surface area contributed by atoms with Gasteiger partial charge in [-0.1, -0.05) is 18.2 Å². The average molecular weight is 605 g/mol. The highest BCUT2D eigenvalue weighted by molar-refractivity contribution is 7.89. The van der Waals surface area contributed by atoms with Crippen LogP contribution in [0.5, 0.6) is 0 Å². The van der Waals surface area contributed by atoms with E-state index in [1.165, 1.54) is 42.7 Å². The molecule has 2 aromatic heterocycles. The molecule has 14 heteroatoms. The number of pyridine rings is 1. The van der Waals surface area contributed by atoms with E-state index in [9.17, 15) is 36.0 Å². The molecule has 1 N–H and O–H groups in total. The molecule has 2 atom stereocenters. The lowest BCUT2D eigenvalue weighted by molar-refractivity contribution is -0.146. The Hall–Kier alpha value is -4.04. The zero-order chi connectivity index (χ0) is 30.4. The van der Waals surface area contributed by atoms with Gasteiger partial charge in [0.2, 0.25) is 16.9 Å². The second kappa shape index (κ2) is 11.0. The highest BCUT2D eigenvalue weighted by atomic mass is 32.2. The maximum Gasteiger partial charge on any atom is 0.416 e. The monoisotopic (exact) mass is 604 g/mol. The van der Waals surface area contributed by atoms with Gasteiger partial charge in [0.05, 0.1) is 11.5 Å². The number of benzene rings is 1. The maximum atomic E-state index is 13.4. The van der Waals surface area contributed by atoms with Crippen molar-refractivity contribution >= 4 is 38.7 Å². The molecular formula is C28H27F3N4O6S. The van der Waals surface area contributed by atoms with Gasteiger partial charge in [0, 0.05) is 48.6 Å². The molecule has 1 saturated heterocycles. The van der Waals surface area contributed by atoms with Crippen LogP contribution in [0.15, 0.2) is 70.0 Å². The third kappa shape index (κ3) is 5.43. The number of rotatable bonds is 7. The Labute approximate surface area is 239 Å². The van der Waals surface area contributed by atoms with Crippen molar-refractivity contribution < 1.29 is 40.4 Å². The number of halogens is 3. The van der Waals surface area contributed by atoms with Crippen LogP contribution in [-0.4, -0.2) is 65.5 Å². The number of sulfonamides is 1. The van der Waals surface area contributed by atoms with E-state index >= 15 is 0 Å². The van der Waals surface area contributed by atoms with Gasteiger partial charge in [0.1, 0.15) is 11.6 Å². The summed E-state index contributed by atoms with van der Waals surface area (Å²) in [6.45, 7) is 3.02. The number of alkyl halides is 3. The maximum absolute atomic E-state index is 13.4. The zero-order valence-corrected chi connectivity index (χ0v) is 23.4. The second-order valence-electron chi connectivity index (χ2n) is 10.4. The molecule has 222 valence electrons. The van der Waals surface area contributed by atoms with Gasteiger partial charge < -0.3 is 9.73 Å². The number of carbonyl (C=O) groups is 3. The van der Waals surface area contributed by atoms with Crippen LogP contribution in [0, 0.1) is 0 Å². The van der Waals surface area contributed by atoms with Crippen LogP contribution in [0.1, 0.15) is 43.7 Å². The summed E-state index contributed by atoms with van der Waals surface area (Å²) in [6, 6.07) is 5.34. The Morgan fingerprint density at radius 1 is 1.17 bits per heavy atom. The van der Waals surface area contributed by atoms with Crippen LogP contribution in [0.2, 0.25) is 0 Å². The van der Waals surface area contributed by atoms with Gasteiger partial charge >= 0.3 is 6.18 Å². The molecule has 1 unspecified atom stereocenters. The number of imide groups is 1. The Kier molecular flexibility index (Phi) is 7.70. The first-order valence-electron chi connectivity index (χ1n) is 13.2. The van der Waals surface area contributed by atoms with Crippen LogP contribution in [0.25, 0.3) is 11.0 Å². The number of hydrogen-bond donors (Lipinski definition) is 1. The van der Waals surface area contributed by atoms with Gasteiger partial charge in [-0.2, -0.15) is 17.5 Å². The number of fused-ring (bicyclic) bond motifs is 1. The minimum Gasteiger partial charge on any atom is -0.443 e. The lowest BCUT2D eigenvalue weighted by atomic mass is 9.90. The van der Waals surface area contributed by atoms with Crippen molar-refractivity contribution in [2.24, 2.45) is 0 Å². The highest BCUT2D eigenvalue weighted by Crippen LogP contribution is 2.34. The first-order chi connectivity index (χ1) is 19.8. The average Bonchev–Trinajstić information content (AvgIpc) is 3.61. The lowest BCUT2D eigenvalue weighted by Crippen LogP contribution is -2.50. The Bertz CT molecular complexity index is 1650. The summed E-state index contributed by atoms with van der Waals surface area (Å²) < 4.78 is 72.5. The summed E-state index contributed by atoms with van der Waals surface area (Å²) in [7, 11) is -4.17. The number of nitrogens with zero attached hydrogens (tertiary/aromatic N) is 3. The number of amides is 3. The predicted octanol–water partition coefficient (Wildman–Crippen LogP) is 3.60. The van der Waals surface area contributed by atoms with Crippen molar-refractivity contribution in [2.75, 3.05) is 13.1 Å². The van der Waals surface area contributed by atoms with Crippen LogP contribution in [0.3, 0.4) is 0 Å². The number of hydrogen-bond acceptors (Lipinski definition) is 7. The molecule has 1 fully saturated rings. The molecule has 42 heavy (non-hydrogen) atoms. The number of carbonyl (C=O) groups excluding carboxylic acids is 3. The normalized spacial score (nSPS) is 20.4. The smallest absolute Gasteiger partial charge is 0.416 e. The Balaban J connectivity index is 1.36. The summed E-state index contributed by atoms with van der Waals surface area (Å²) in [4.78, 5) is 44.5. The molecule has 0 spiro atoms. The van der Waals surface area contributed by atoms with E-state index in [0.29, 0.717) is 17.4 Å². The molecule has 0 aliphatic carbocycles. The molecule has 0 radical (unpaired) electrons. The van der Waals surface area contributed by atoms with Crippen molar-refractivity contribution in [3.8, 4) is 0 Å². The van der Waals surface area contributed by atoms with Crippen molar-refractivity contribution in [1.82, 2.24) is 19.5 Å². The number of nitrogens with one attached hydrogen (secondary N) is 1. The topological polar surface area (TPSA) is 130 Å². The highest BCUT2D eigenvalue weighted by Gasteiger charge is 2.42. The van der Waals surface area contributed by atoms with E-state index in [1.54, 1.807) is 13.8 Å². The van der Waals surface area contributed by atoms with E-state index in [2.05, 4.69) is 10.3 Å². The van der Waals surface area contributed by atoms with Crippen molar-refractivity contribution in [3.05, 3.63) is 71.6 Å². The van der Waals surface area contributed by atoms with Crippen LogP contribution < -0.4 is 5.32 Å². The van der Waals surface area contributed by atoms with Gasteiger partial charge in [-0.25, -0.2) is 8.42 Å². The summed E-state index contributed by atoms with van der Waals surface area (Å²) in [5, 5.41) is 2.79. The van der Waals surface area contributed by atoms with Gasteiger partial charge in [0.15, 0.2) is 0 Å². The summed E-state index contributed by atoms with van der Waals surface area (Å²) in [5.41, 5.74) is -0.237. The van der Waals surface area contributed by atoms with Gasteiger partial charge in [-0.15, -0.1) is 0 Å². The van der Waals surface area contributed by atoms with Crippen LogP contribution in [-0.2, 0) is 30.6 Å². The van der Waals surface area contributed by atoms with Crippen molar-refractivity contribution in [2.45, 2.75) is 56.0 Å². The molecule has 2 aliphatic rings. The van der Waals surface area contributed by atoms with E-state index in [1.807, 2.05) is 0 Å². The third-order valence-corrected chi connectivity index (χ3v) is 9.06. The molecule has 3 amide bonds. The third-order valence-electron chi connectivity index (χ3n) is 7.29. The number of aromatic nitrogens is 1. The first-order valence-corrected chi connectivity index (χ1v) is 14.6. The molecule has 5 rings (SSSR count). The second-order valence-corrected chi connectivity index (χ2v) is 12.2. The van der Waals surface area contributed by atoms with Gasteiger partial charge in [-0.05, 0) is 50.5 Å². The minimum atomic E-state index is -4.55. The molecule has 0 bridgehead atoms. The van der Waals surface area contributed by atoms with Crippen LogP contribution in [0.4, 0.5) is 13.2 Å². The SMILES string of the molecule is CC(C)N1C(=O)C(CNC(=O)[C@@H]2CCCN2S(=O)(=O)c2cc3cnccc3o2)=CC(c2ccc(C(F)(F)F)cc2)C1=O. The van der Waals surface area contributed by atoms with E-state index < -0.39 is 57.5 Å². The quantitative estimate of drug-likeness (QED) is 0.408. The summed E-state index contributed by atoms with van der Waals surface area (Å²) >= 11 is 0. The summed E-state index contributed by atoms with van der Waals surface area (Å²) in [6.07, 6.45) is 0.369. The van der Waals surface area contributed by atoms with Gasteiger partial charge in [-0.3, -0.25) is 24.3 Å². The minimum absolute atomic E-state index is 0.0544. The Morgan fingerprint density at radius 2 is 1.88 bits per heavy atom. The standard InChI is InChI=1S/C28H27F3N4O6S/c1-16(2)35-26(37)19(12-21(27(35)38)17-5-7-20(8-6-17)28(29,30)31)15-33-25(36)22-4-3-11-34(22)42(39,40)24-13-18-14-32-10-9-23(18)41-24/h5-10,12-14,16,21-22H,3-4,11,15H2,1-2H3,(H,33,36)/t21?,22-/m0/s1. The number of furan rings is 1. The molecule has 10 nitrogen and oxygen atoms in total. The fourth-order valence-electron chi connectivity index (χ4n) is 5.18. The van der Waals surface area contributed by atoms with Gasteiger partial charge in [0.25, 0.3) is 15.9 Å². The van der Waals surface area contributed by atoms with Crippen molar-refractivity contribution in [1.29, 1.82) is 0 Å². The molecule has 4 heterocycles. The van der Waals surface area contributed by atoms with E-state index in [0.717, 1.165) is 21.3 Å².